The first kappa shape index (κ1) is 25.8. The Morgan fingerprint density at radius 3 is 2.12 bits per heavy atom. The molecule has 0 bridgehead atoms. The fourth-order valence-electron chi connectivity index (χ4n) is 3.60. The van der Waals surface area contributed by atoms with Gasteiger partial charge in [-0.2, -0.15) is 4.31 Å². The van der Waals surface area contributed by atoms with Crippen LogP contribution in [0, 0.1) is 6.92 Å². The second-order valence-electron chi connectivity index (χ2n) is 7.55. The SMILES string of the molecule is CCOc1cc(C(=O)Nc2ccc(C)c(S(=O)(=O)N3CCOCC3)c2)cc(OCC)c1OCC. The number of morpholine rings is 1. The van der Waals surface area contributed by atoms with E-state index in [0.717, 1.165) is 0 Å². The summed E-state index contributed by atoms with van der Waals surface area (Å²) in [5, 5.41) is 2.79. The monoisotopic (exact) mass is 492 g/mol. The highest BCUT2D eigenvalue weighted by atomic mass is 32.2. The predicted molar refractivity (Wildman–Crippen MR) is 129 cm³/mol. The number of nitrogens with one attached hydrogen (secondary N) is 1. The Kier molecular flexibility index (Phi) is 8.76. The first-order chi connectivity index (χ1) is 16.3. The molecule has 3 rings (SSSR count). The lowest BCUT2D eigenvalue weighted by molar-refractivity contribution is 0.0730. The number of rotatable bonds is 10. The summed E-state index contributed by atoms with van der Waals surface area (Å²) in [4.78, 5) is 13.3. The molecule has 1 saturated heterocycles. The van der Waals surface area contributed by atoms with Gasteiger partial charge in [-0.15, -0.1) is 0 Å². The molecule has 0 aliphatic carbocycles. The normalized spacial score (nSPS) is 14.5. The average molecular weight is 493 g/mol. The highest BCUT2D eigenvalue weighted by Gasteiger charge is 2.28. The third-order valence-corrected chi connectivity index (χ3v) is 7.25. The van der Waals surface area contributed by atoms with Crippen molar-refractivity contribution in [3.05, 3.63) is 41.5 Å². The van der Waals surface area contributed by atoms with Crippen LogP contribution in [-0.4, -0.2) is 64.8 Å². The average Bonchev–Trinajstić information content (AvgIpc) is 2.83. The van der Waals surface area contributed by atoms with Crippen molar-refractivity contribution < 1.29 is 32.2 Å². The van der Waals surface area contributed by atoms with E-state index in [4.69, 9.17) is 18.9 Å². The molecule has 0 aromatic heterocycles. The van der Waals surface area contributed by atoms with Crippen molar-refractivity contribution in [1.82, 2.24) is 4.31 Å². The highest BCUT2D eigenvalue weighted by molar-refractivity contribution is 7.89. The quantitative estimate of drug-likeness (QED) is 0.542. The van der Waals surface area contributed by atoms with Gasteiger partial charge in [-0.1, -0.05) is 6.07 Å². The van der Waals surface area contributed by atoms with E-state index in [9.17, 15) is 13.2 Å². The van der Waals surface area contributed by atoms with Crippen LogP contribution in [0.2, 0.25) is 0 Å². The van der Waals surface area contributed by atoms with Gasteiger partial charge in [0.05, 0.1) is 37.9 Å². The number of nitrogens with zero attached hydrogens (tertiary/aromatic N) is 1. The highest BCUT2D eigenvalue weighted by Crippen LogP contribution is 2.39. The summed E-state index contributed by atoms with van der Waals surface area (Å²) in [6, 6.07) is 8.02. The van der Waals surface area contributed by atoms with Gasteiger partial charge in [0.25, 0.3) is 5.91 Å². The van der Waals surface area contributed by atoms with E-state index in [1.54, 1.807) is 31.2 Å². The lowest BCUT2D eigenvalue weighted by atomic mass is 10.1. The molecule has 34 heavy (non-hydrogen) atoms. The fourth-order valence-corrected chi connectivity index (χ4v) is 5.26. The molecule has 1 amide bonds. The van der Waals surface area contributed by atoms with Crippen LogP contribution in [0.5, 0.6) is 17.2 Å². The molecule has 0 unspecified atom stereocenters. The molecule has 0 spiro atoms. The Bertz CT molecular complexity index is 1090. The maximum atomic E-state index is 13.2. The number of anilines is 1. The molecule has 1 aliphatic rings. The van der Waals surface area contributed by atoms with Crippen LogP contribution in [-0.2, 0) is 14.8 Å². The molecule has 0 atom stereocenters. The summed E-state index contributed by atoms with van der Waals surface area (Å²) in [5.41, 5.74) is 1.27. The van der Waals surface area contributed by atoms with Crippen molar-refractivity contribution in [3.63, 3.8) is 0 Å². The Hall–Kier alpha value is -2.82. The number of benzene rings is 2. The van der Waals surface area contributed by atoms with Gasteiger partial charge < -0.3 is 24.3 Å². The van der Waals surface area contributed by atoms with E-state index in [1.165, 1.54) is 10.4 Å². The van der Waals surface area contributed by atoms with E-state index in [0.29, 0.717) is 80.2 Å². The standard InChI is InChI=1S/C24H32N2O7S/c1-5-31-20-14-18(15-21(32-6-2)23(20)33-7-3)24(27)25-19-9-8-17(4)22(16-19)34(28,29)26-10-12-30-13-11-26/h8-9,14-16H,5-7,10-13H2,1-4H3,(H,25,27). The Labute approximate surface area is 201 Å². The molecule has 1 fully saturated rings. The zero-order chi connectivity index (χ0) is 24.7. The minimum absolute atomic E-state index is 0.156. The second kappa shape index (κ2) is 11.5. The number of carbonyl (C=O) groups excluding carboxylic acids is 1. The molecule has 1 N–H and O–H groups in total. The maximum Gasteiger partial charge on any atom is 0.255 e. The van der Waals surface area contributed by atoms with Gasteiger partial charge in [0.15, 0.2) is 11.5 Å². The molecular formula is C24H32N2O7S. The minimum Gasteiger partial charge on any atom is -0.490 e. The molecule has 186 valence electrons. The van der Waals surface area contributed by atoms with Crippen molar-refractivity contribution in [2.75, 3.05) is 51.4 Å². The van der Waals surface area contributed by atoms with Crippen molar-refractivity contribution >= 4 is 21.6 Å². The van der Waals surface area contributed by atoms with Gasteiger partial charge in [0.2, 0.25) is 15.8 Å². The van der Waals surface area contributed by atoms with Gasteiger partial charge in [0.1, 0.15) is 0 Å². The molecule has 0 radical (unpaired) electrons. The number of aryl methyl sites for hydroxylation is 1. The summed E-state index contributed by atoms with van der Waals surface area (Å²) in [6.45, 7) is 9.75. The minimum atomic E-state index is -3.71. The second-order valence-corrected chi connectivity index (χ2v) is 9.46. The van der Waals surface area contributed by atoms with Crippen molar-refractivity contribution in [2.24, 2.45) is 0 Å². The molecular weight excluding hydrogens is 460 g/mol. The van der Waals surface area contributed by atoms with Crippen LogP contribution in [0.3, 0.4) is 0 Å². The number of carbonyl (C=O) groups is 1. The zero-order valence-electron chi connectivity index (χ0n) is 20.0. The number of amides is 1. The molecule has 1 aliphatic heterocycles. The first-order valence-electron chi connectivity index (χ1n) is 11.4. The van der Waals surface area contributed by atoms with Gasteiger partial charge in [0, 0.05) is 24.3 Å². The summed E-state index contributed by atoms with van der Waals surface area (Å²) < 4.78 is 50.0. The zero-order valence-corrected chi connectivity index (χ0v) is 20.9. The van der Waals surface area contributed by atoms with Crippen LogP contribution in [0.4, 0.5) is 5.69 Å². The molecule has 10 heteroatoms. The lowest BCUT2D eigenvalue weighted by Gasteiger charge is -2.26. The number of hydrogen-bond donors (Lipinski definition) is 1. The van der Waals surface area contributed by atoms with Crippen molar-refractivity contribution in [3.8, 4) is 17.2 Å². The van der Waals surface area contributed by atoms with E-state index in [2.05, 4.69) is 5.32 Å². The Morgan fingerprint density at radius 2 is 1.56 bits per heavy atom. The number of hydrogen-bond acceptors (Lipinski definition) is 7. The Balaban J connectivity index is 1.91. The van der Waals surface area contributed by atoms with E-state index in [1.807, 2.05) is 20.8 Å². The van der Waals surface area contributed by atoms with Crippen molar-refractivity contribution in [2.45, 2.75) is 32.6 Å². The van der Waals surface area contributed by atoms with Crippen LogP contribution >= 0.6 is 0 Å². The van der Waals surface area contributed by atoms with E-state index < -0.39 is 15.9 Å². The van der Waals surface area contributed by atoms with Crippen LogP contribution in [0.25, 0.3) is 0 Å². The van der Waals surface area contributed by atoms with Gasteiger partial charge in [-0.25, -0.2) is 8.42 Å². The Morgan fingerprint density at radius 1 is 0.971 bits per heavy atom. The largest absolute Gasteiger partial charge is 0.490 e. The summed E-state index contributed by atoms with van der Waals surface area (Å²) in [5.74, 6) is 0.820. The summed E-state index contributed by atoms with van der Waals surface area (Å²) in [6.07, 6.45) is 0. The smallest absolute Gasteiger partial charge is 0.255 e. The third kappa shape index (κ3) is 5.81. The van der Waals surface area contributed by atoms with Crippen LogP contribution in [0.1, 0.15) is 36.7 Å². The van der Waals surface area contributed by atoms with E-state index in [-0.39, 0.29) is 4.90 Å². The molecule has 2 aromatic rings. The number of sulfonamides is 1. The topological polar surface area (TPSA) is 103 Å². The van der Waals surface area contributed by atoms with Gasteiger partial charge in [-0.05, 0) is 57.5 Å². The van der Waals surface area contributed by atoms with Crippen LogP contribution in [0.15, 0.2) is 35.2 Å². The number of ether oxygens (including phenoxy) is 4. The maximum absolute atomic E-state index is 13.2. The van der Waals surface area contributed by atoms with Crippen molar-refractivity contribution in [1.29, 1.82) is 0 Å². The molecule has 2 aromatic carbocycles. The lowest BCUT2D eigenvalue weighted by Crippen LogP contribution is -2.40. The fraction of sp³-hybridized carbons (Fsp3) is 0.458. The third-order valence-electron chi connectivity index (χ3n) is 5.21. The van der Waals surface area contributed by atoms with Gasteiger partial charge in [-0.3, -0.25) is 4.79 Å². The van der Waals surface area contributed by atoms with Gasteiger partial charge >= 0.3 is 0 Å². The summed E-state index contributed by atoms with van der Waals surface area (Å²) >= 11 is 0. The van der Waals surface area contributed by atoms with Crippen LogP contribution < -0.4 is 19.5 Å². The van der Waals surface area contributed by atoms with E-state index >= 15 is 0 Å². The molecule has 1 heterocycles. The summed E-state index contributed by atoms with van der Waals surface area (Å²) in [7, 11) is -3.71. The first-order valence-corrected chi connectivity index (χ1v) is 12.8. The predicted octanol–water partition coefficient (Wildman–Crippen LogP) is 3.46. The molecule has 0 saturated carbocycles. The molecule has 9 nitrogen and oxygen atoms in total.